The van der Waals surface area contributed by atoms with Gasteiger partial charge in [0.05, 0.1) is 17.1 Å². The molecule has 0 saturated carbocycles. The van der Waals surface area contributed by atoms with Crippen molar-refractivity contribution in [3.05, 3.63) is 52.3 Å². The summed E-state index contributed by atoms with van der Waals surface area (Å²) in [6.45, 7) is 3.17. The molecule has 0 fully saturated rings. The van der Waals surface area contributed by atoms with Crippen LogP contribution in [0.15, 0.2) is 36.5 Å². The van der Waals surface area contributed by atoms with Crippen molar-refractivity contribution in [3.63, 3.8) is 0 Å². The number of nitrogens with one attached hydrogen (secondary N) is 2. The fourth-order valence-corrected chi connectivity index (χ4v) is 1.85. The lowest BCUT2D eigenvalue weighted by Crippen LogP contribution is -2.09. The van der Waals surface area contributed by atoms with Gasteiger partial charge in [-0.2, -0.15) is 0 Å². The lowest BCUT2D eigenvalue weighted by molar-refractivity contribution is -0.384. The fraction of sp³-hybridized carbons (Fsp3) is 0.286. The molecule has 2 heterocycles. The van der Waals surface area contributed by atoms with Crippen molar-refractivity contribution >= 4 is 17.3 Å². The highest BCUT2D eigenvalue weighted by Gasteiger charge is 2.10. The van der Waals surface area contributed by atoms with Crippen LogP contribution in [0.3, 0.4) is 0 Å². The Labute approximate surface area is 122 Å². The molecule has 110 valence electrons. The van der Waals surface area contributed by atoms with Gasteiger partial charge in [-0.1, -0.05) is 6.07 Å². The first-order valence-corrected chi connectivity index (χ1v) is 6.73. The van der Waals surface area contributed by atoms with E-state index in [0.717, 1.165) is 12.1 Å². The molecule has 2 N–H and O–H groups in total. The molecule has 0 atom stereocenters. The van der Waals surface area contributed by atoms with E-state index in [-0.39, 0.29) is 5.69 Å². The van der Waals surface area contributed by atoms with Crippen LogP contribution >= 0.6 is 0 Å². The number of hydrogen-bond donors (Lipinski definition) is 2. The second kappa shape index (κ2) is 7.18. The van der Waals surface area contributed by atoms with Gasteiger partial charge in [0.15, 0.2) is 0 Å². The van der Waals surface area contributed by atoms with Crippen molar-refractivity contribution < 1.29 is 4.92 Å². The summed E-state index contributed by atoms with van der Waals surface area (Å²) in [5.74, 6) is 0.975. The van der Waals surface area contributed by atoms with Gasteiger partial charge in [0.25, 0.3) is 5.69 Å². The van der Waals surface area contributed by atoms with Gasteiger partial charge in [-0.05, 0) is 19.1 Å². The molecule has 7 nitrogen and oxygen atoms in total. The number of hydrogen-bond acceptors (Lipinski definition) is 6. The maximum atomic E-state index is 10.9. The van der Waals surface area contributed by atoms with Crippen molar-refractivity contribution in [2.45, 2.75) is 13.3 Å². The molecule has 0 unspecified atom stereocenters. The van der Waals surface area contributed by atoms with Crippen molar-refractivity contribution in [3.8, 4) is 0 Å². The van der Waals surface area contributed by atoms with Crippen molar-refractivity contribution in [1.82, 2.24) is 9.97 Å². The van der Waals surface area contributed by atoms with E-state index >= 15 is 0 Å². The molecule has 0 aliphatic carbocycles. The van der Waals surface area contributed by atoms with Gasteiger partial charge in [0, 0.05) is 31.4 Å². The number of rotatable bonds is 7. The van der Waals surface area contributed by atoms with Crippen LogP contribution in [0.5, 0.6) is 0 Å². The SMILES string of the molecule is CCNc1cc([N+](=O)[O-])cc(NCCc2ccccn2)n1. The maximum absolute atomic E-state index is 10.9. The zero-order valence-electron chi connectivity index (χ0n) is 11.7. The molecule has 21 heavy (non-hydrogen) atoms. The van der Waals surface area contributed by atoms with E-state index in [2.05, 4.69) is 20.6 Å². The molecule has 2 aromatic rings. The molecule has 7 heteroatoms. The Hall–Kier alpha value is -2.70. The lowest BCUT2D eigenvalue weighted by Gasteiger charge is -2.08. The number of pyridine rings is 2. The first kappa shape index (κ1) is 14.7. The standard InChI is InChI=1S/C14H17N5O2/c1-2-15-13-9-12(19(20)21)10-14(18-13)17-8-6-11-5-3-4-7-16-11/h3-5,7,9-10H,2,6,8H2,1H3,(H2,15,17,18). The summed E-state index contributed by atoms with van der Waals surface area (Å²) in [4.78, 5) is 19.0. The van der Waals surface area contributed by atoms with Crippen LogP contribution in [0, 0.1) is 10.1 Å². The Bertz CT molecular complexity index is 604. The Morgan fingerprint density at radius 1 is 1.24 bits per heavy atom. The number of nitrogens with zero attached hydrogens (tertiary/aromatic N) is 3. The van der Waals surface area contributed by atoms with E-state index < -0.39 is 4.92 Å². The summed E-state index contributed by atoms with van der Waals surface area (Å²) in [6, 6.07) is 8.58. The van der Waals surface area contributed by atoms with Crippen molar-refractivity contribution in [1.29, 1.82) is 0 Å². The average molecular weight is 287 g/mol. The summed E-state index contributed by atoms with van der Waals surface area (Å²) in [5, 5.41) is 17.0. The Kier molecular flexibility index (Phi) is 5.03. The molecule has 0 amide bonds. The third-order valence-corrected chi connectivity index (χ3v) is 2.79. The van der Waals surface area contributed by atoms with E-state index in [9.17, 15) is 10.1 Å². The predicted molar refractivity (Wildman–Crippen MR) is 81.5 cm³/mol. The van der Waals surface area contributed by atoms with Gasteiger partial charge in [-0.15, -0.1) is 0 Å². The highest BCUT2D eigenvalue weighted by Crippen LogP contribution is 2.20. The topological polar surface area (TPSA) is 93.0 Å². The molecule has 0 spiro atoms. The number of nitro groups is 1. The predicted octanol–water partition coefficient (Wildman–Crippen LogP) is 2.47. The maximum Gasteiger partial charge on any atom is 0.276 e. The minimum atomic E-state index is -0.424. The minimum Gasteiger partial charge on any atom is -0.370 e. The second-order valence-electron chi connectivity index (χ2n) is 4.38. The molecule has 0 aromatic carbocycles. The number of aromatic nitrogens is 2. The van der Waals surface area contributed by atoms with E-state index in [0.29, 0.717) is 24.7 Å². The summed E-state index contributed by atoms with van der Waals surface area (Å²) in [7, 11) is 0. The summed E-state index contributed by atoms with van der Waals surface area (Å²) >= 11 is 0. The van der Waals surface area contributed by atoms with Crippen LogP contribution in [-0.2, 0) is 6.42 Å². The van der Waals surface area contributed by atoms with Gasteiger partial charge in [-0.3, -0.25) is 15.1 Å². The first-order valence-electron chi connectivity index (χ1n) is 6.73. The molecule has 2 rings (SSSR count). The van der Waals surface area contributed by atoms with Crippen LogP contribution < -0.4 is 10.6 Å². The third kappa shape index (κ3) is 4.41. The van der Waals surface area contributed by atoms with Crippen LogP contribution in [0.2, 0.25) is 0 Å². The van der Waals surface area contributed by atoms with E-state index in [4.69, 9.17) is 0 Å². The van der Waals surface area contributed by atoms with Gasteiger partial charge in [-0.25, -0.2) is 4.98 Å². The molecule has 0 saturated heterocycles. The minimum absolute atomic E-state index is 0.0151. The van der Waals surface area contributed by atoms with Crippen LogP contribution in [0.4, 0.5) is 17.3 Å². The molecule has 2 aromatic heterocycles. The Balaban J connectivity index is 2.03. The fourth-order valence-electron chi connectivity index (χ4n) is 1.85. The first-order chi connectivity index (χ1) is 10.2. The second-order valence-corrected chi connectivity index (χ2v) is 4.38. The Morgan fingerprint density at radius 2 is 2.00 bits per heavy atom. The highest BCUT2D eigenvalue weighted by atomic mass is 16.6. The molecule has 0 radical (unpaired) electrons. The largest absolute Gasteiger partial charge is 0.370 e. The highest BCUT2D eigenvalue weighted by molar-refractivity contribution is 5.54. The summed E-state index contributed by atoms with van der Waals surface area (Å²) in [5.41, 5.74) is 0.976. The lowest BCUT2D eigenvalue weighted by atomic mass is 10.2. The van der Waals surface area contributed by atoms with Gasteiger partial charge < -0.3 is 10.6 Å². The van der Waals surface area contributed by atoms with Gasteiger partial charge in [0.2, 0.25) is 0 Å². The molecule has 0 bridgehead atoms. The van der Waals surface area contributed by atoms with Gasteiger partial charge in [0.1, 0.15) is 11.6 Å². The van der Waals surface area contributed by atoms with Crippen molar-refractivity contribution in [2.24, 2.45) is 0 Å². The quantitative estimate of drug-likeness (QED) is 0.600. The summed E-state index contributed by atoms with van der Waals surface area (Å²) < 4.78 is 0. The monoisotopic (exact) mass is 287 g/mol. The zero-order valence-corrected chi connectivity index (χ0v) is 11.7. The number of anilines is 2. The zero-order chi connectivity index (χ0) is 15.1. The van der Waals surface area contributed by atoms with E-state index in [1.807, 2.05) is 25.1 Å². The molecule has 0 aliphatic rings. The van der Waals surface area contributed by atoms with E-state index in [1.165, 1.54) is 12.1 Å². The van der Waals surface area contributed by atoms with Crippen LogP contribution in [0.25, 0.3) is 0 Å². The van der Waals surface area contributed by atoms with Gasteiger partial charge >= 0.3 is 0 Å². The Morgan fingerprint density at radius 3 is 2.62 bits per heavy atom. The molecular formula is C14H17N5O2. The molecule has 0 aliphatic heterocycles. The normalized spacial score (nSPS) is 10.1. The molecular weight excluding hydrogens is 270 g/mol. The van der Waals surface area contributed by atoms with E-state index in [1.54, 1.807) is 6.20 Å². The summed E-state index contributed by atoms with van der Waals surface area (Å²) in [6.07, 6.45) is 2.46. The smallest absolute Gasteiger partial charge is 0.276 e. The van der Waals surface area contributed by atoms with Crippen molar-refractivity contribution in [2.75, 3.05) is 23.7 Å². The van der Waals surface area contributed by atoms with Crippen LogP contribution in [0.1, 0.15) is 12.6 Å². The van der Waals surface area contributed by atoms with Crippen LogP contribution in [-0.4, -0.2) is 28.0 Å². The third-order valence-electron chi connectivity index (χ3n) is 2.79. The average Bonchev–Trinajstić information content (AvgIpc) is 2.48.